The van der Waals surface area contributed by atoms with Crippen LogP contribution in [0.4, 0.5) is 5.00 Å². The third-order valence-electron chi connectivity index (χ3n) is 5.91. The summed E-state index contributed by atoms with van der Waals surface area (Å²) in [6.07, 6.45) is 6.68. The van der Waals surface area contributed by atoms with Crippen LogP contribution >= 0.6 is 23.6 Å². The fraction of sp³-hybridized carbons (Fsp3) is 0.520. The molecule has 0 bridgehead atoms. The summed E-state index contributed by atoms with van der Waals surface area (Å²) in [6, 6.07) is 8.71. The van der Waals surface area contributed by atoms with E-state index in [9.17, 15) is 4.79 Å². The van der Waals surface area contributed by atoms with Gasteiger partial charge in [0, 0.05) is 4.88 Å². The standard InChI is InChI=1S/C25H34N2O2S2/c1-16(17-12-14-18(15-13-17)25(2,3)4)26-24(30)27-22-21(23(28)29-5)19-10-8-6-7-9-11-20(19)31-22/h12-16H,6-11H2,1-5H3,(H2,26,27,30). The zero-order valence-corrected chi connectivity index (χ0v) is 20.9. The van der Waals surface area contributed by atoms with E-state index in [1.807, 2.05) is 0 Å². The zero-order chi connectivity index (χ0) is 22.6. The molecule has 0 saturated heterocycles. The first-order valence-corrected chi connectivity index (χ1v) is 12.3. The highest BCUT2D eigenvalue weighted by atomic mass is 32.1. The summed E-state index contributed by atoms with van der Waals surface area (Å²) < 4.78 is 5.11. The van der Waals surface area contributed by atoms with Gasteiger partial charge in [0.05, 0.1) is 18.7 Å². The van der Waals surface area contributed by atoms with Crippen molar-refractivity contribution in [2.24, 2.45) is 0 Å². The maximum atomic E-state index is 12.6. The molecule has 0 aliphatic heterocycles. The summed E-state index contributed by atoms with van der Waals surface area (Å²) in [7, 11) is 1.44. The smallest absolute Gasteiger partial charge is 0.341 e. The predicted molar refractivity (Wildman–Crippen MR) is 134 cm³/mol. The average Bonchev–Trinajstić information content (AvgIpc) is 3.02. The van der Waals surface area contributed by atoms with Gasteiger partial charge in [-0.25, -0.2) is 4.79 Å². The van der Waals surface area contributed by atoms with E-state index in [1.165, 1.54) is 36.0 Å². The van der Waals surface area contributed by atoms with Crippen molar-refractivity contribution in [1.29, 1.82) is 0 Å². The fourth-order valence-electron chi connectivity index (χ4n) is 4.02. The van der Waals surface area contributed by atoms with Crippen molar-refractivity contribution < 1.29 is 9.53 Å². The molecule has 1 aromatic heterocycles. The van der Waals surface area contributed by atoms with Gasteiger partial charge < -0.3 is 15.4 Å². The van der Waals surface area contributed by atoms with Gasteiger partial charge in [0.25, 0.3) is 0 Å². The van der Waals surface area contributed by atoms with E-state index in [0.29, 0.717) is 10.7 Å². The number of esters is 1. The van der Waals surface area contributed by atoms with Crippen molar-refractivity contribution in [3.63, 3.8) is 0 Å². The summed E-state index contributed by atoms with van der Waals surface area (Å²) in [5.41, 5.74) is 4.42. The number of hydrogen-bond acceptors (Lipinski definition) is 4. The normalized spacial score (nSPS) is 15.3. The maximum Gasteiger partial charge on any atom is 0.341 e. The van der Waals surface area contributed by atoms with Crippen LogP contribution in [-0.2, 0) is 23.0 Å². The Morgan fingerprint density at radius 3 is 2.35 bits per heavy atom. The van der Waals surface area contributed by atoms with Crippen molar-refractivity contribution in [2.75, 3.05) is 12.4 Å². The molecule has 1 heterocycles. The second-order valence-corrected chi connectivity index (χ2v) is 10.8. The number of methoxy groups -OCH3 is 1. The number of carbonyl (C=O) groups is 1. The van der Waals surface area contributed by atoms with Crippen molar-refractivity contribution in [3.8, 4) is 0 Å². The molecular formula is C25H34N2O2S2. The molecule has 6 heteroatoms. The number of ether oxygens (including phenoxy) is 1. The molecule has 31 heavy (non-hydrogen) atoms. The summed E-state index contributed by atoms with van der Waals surface area (Å²) in [4.78, 5) is 13.9. The largest absolute Gasteiger partial charge is 0.465 e. The second-order valence-electron chi connectivity index (χ2n) is 9.31. The van der Waals surface area contributed by atoms with Gasteiger partial charge in [-0.2, -0.15) is 0 Å². The van der Waals surface area contributed by atoms with Crippen LogP contribution in [0.1, 0.15) is 91.3 Å². The van der Waals surface area contributed by atoms with Crippen molar-refractivity contribution >= 4 is 39.6 Å². The first-order valence-electron chi connectivity index (χ1n) is 11.1. The predicted octanol–water partition coefficient (Wildman–Crippen LogP) is 6.54. The van der Waals surface area contributed by atoms with Crippen LogP contribution in [-0.4, -0.2) is 18.2 Å². The average molecular weight is 459 g/mol. The molecule has 0 fully saturated rings. The van der Waals surface area contributed by atoms with Crippen LogP contribution in [0.3, 0.4) is 0 Å². The maximum absolute atomic E-state index is 12.6. The van der Waals surface area contributed by atoms with Gasteiger partial charge in [-0.15, -0.1) is 11.3 Å². The Balaban J connectivity index is 1.75. The highest BCUT2D eigenvalue weighted by molar-refractivity contribution is 7.80. The minimum atomic E-state index is -0.283. The number of carbonyl (C=O) groups excluding carboxylic acids is 1. The lowest BCUT2D eigenvalue weighted by molar-refractivity contribution is 0.0601. The molecule has 168 valence electrons. The van der Waals surface area contributed by atoms with E-state index in [4.69, 9.17) is 17.0 Å². The molecule has 1 atom stereocenters. The number of thiocarbonyl (C=S) groups is 1. The molecule has 2 N–H and O–H groups in total. The van der Waals surface area contributed by atoms with Crippen molar-refractivity contribution in [1.82, 2.24) is 5.32 Å². The van der Waals surface area contributed by atoms with Gasteiger partial charge >= 0.3 is 5.97 Å². The molecule has 3 rings (SSSR count). The minimum absolute atomic E-state index is 0.0524. The van der Waals surface area contributed by atoms with Crippen LogP contribution in [0, 0.1) is 0 Å². The number of thiophene rings is 1. The fourth-order valence-corrected chi connectivity index (χ4v) is 5.64. The molecule has 0 spiro atoms. The SMILES string of the molecule is COC(=O)c1c(NC(=S)NC(C)c2ccc(C(C)(C)C)cc2)sc2c1CCCCCC2. The van der Waals surface area contributed by atoms with E-state index in [1.54, 1.807) is 11.3 Å². The number of benzene rings is 1. The van der Waals surface area contributed by atoms with Gasteiger partial charge in [-0.1, -0.05) is 57.9 Å². The van der Waals surface area contributed by atoms with Gasteiger partial charge in [-0.3, -0.25) is 0 Å². The molecule has 1 aliphatic rings. The lowest BCUT2D eigenvalue weighted by atomic mass is 9.86. The Kier molecular flexibility index (Phi) is 7.76. The van der Waals surface area contributed by atoms with Gasteiger partial charge in [0.1, 0.15) is 5.00 Å². The number of hydrogen-bond donors (Lipinski definition) is 2. The first kappa shape index (κ1) is 23.7. The summed E-state index contributed by atoms with van der Waals surface area (Å²) >= 11 is 7.25. The molecular weight excluding hydrogens is 424 g/mol. The number of rotatable bonds is 4. The molecule has 0 amide bonds. The van der Waals surface area contributed by atoms with Crippen molar-refractivity contribution in [2.45, 2.75) is 77.7 Å². The molecule has 4 nitrogen and oxygen atoms in total. The van der Waals surface area contributed by atoms with E-state index in [-0.39, 0.29) is 17.4 Å². The Bertz CT molecular complexity index is 926. The highest BCUT2D eigenvalue weighted by Crippen LogP contribution is 2.37. The second kappa shape index (κ2) is 10.1. The first-order chi connectivity index (χ1) is 14.7. The number of anilines is 1. The molecule has 1 unspecified atom stereocenters. The van der Waals surface area contributed by atoms with Crippen LogP contribution in [0.25, 0.3) is 0 Å². The minimum Gasteiger partial charge on any atom is -0.465 e. The topological polar surface area (TPSA) is 50.4 Å². The molecule has 1 aromatic carbocycles. The Hall–Kier alpha value is -1.92. The Labute approximate surface area is 195 Å². The Morgan fingerprint density at radius 1 is 1.10 bits per heavy atom. The molecule has 2 aromatic rings. The molecule has 1 aliphatic carbocycles. The van der Waals surface area contributed by atoms with Gasteiger partial charge in [-0.05, 0) is 66.9 Å². The van der Waals surface area contributed by atoms with Crippen LogP contribution < -0.4 is 10.6 Å². The third-order valence-corrected chi connectivity index (χ3v) is 7.34. The molecule has 0 saturated carbocycles. The van der Waals surface area contributed by atoms with E-state index in [0.717, 1.165) is 36.2 Å². The highest BCUT2D eigenvalue weighted by Gasteiger charge is 2.25. The van der Waals surface area contributed by atoms with E-state index >= 15 is 0 Å². The number of fused-ring (bicyclic) bond motifs is 1. The summed E-state index contributed by atoms with van der Waals surface area (Å²) in [5.74, 6) is -0.283. The van der Waals surface area contributed by atoms with Crippen LogP contribution in [0.2, 0.25) is 0 Å². The lowest BCUT2D eigenvalue weighted by Gasteiger charge is -2.21. The lowest BCUT2D eigenvalue weighted by Crippen LogP contribution is -2.31. The number of aryl methyl sites for hydroxylation is 1. The third kappa shape index (κ3) is 5.86. The van der Waals surface area contributed by atoms with E-state index < -0.39 is 0 Å². The van der Waals surface area contributed by atoms with Crippen molar-refractivity contribution in [3.05, 3.63) is 51.4 Å². The van der Waals surface area contributed by atoms with E-state index in [2.05, 4.69) is 62.6 Å². The summed E-state index contributed by atoms with van der Waals surface area (Å²) in [6.45, 7) is 8.74. The van der Waals surface area contributed by atoms with Gasteiger partial charge in [0.2, 0.25) is 0 Å². The number of nitrogens with one attached hydrogen (secondary N) is 2. The quantitative estimate of drug-likeness (QED) is 0.402. The monoisotopic (exact) mass is 458 g/mol. The van der Waals surface area contributed by atoms with Crippen LogP contribution in [0.5, 0.6) is 0 Å². The summed E-state index contributed by atoms with van der Waals surface area (Å²) in [5, 5.41) is 7.98. The van der Waals surface area contributed by atoms with Crippen LogP contribution in [0.15, 0.2) is 24.3 Å². The molecule has 0 radical (unpaired) electrons. The zero-order valence-electron chi connectivity index (χ0n) is 19.3. The Morgan fingerprint density at radius 2 is 1.74 bits per heavy atom. The van der Waals surface area contributed by atoms with Gasteiger partial charge in [0.15, 0.2) is 5.11 Å².